The van der Waals surface area contributed by atoms with E-state index in [1.54, 1.807) is 4.90 Å². The van der Waals surface area contributed by atoms with Gasteiger partial charge in [0.2, 0.25) is 11.8 Å². The normalized spacial score (nSPS) is 16.0. The van der Waals surface area contributed by atoms with Gasteiger partial charge in [-0.15, -0.1) is 0 Å². The van der Waals surface area contributed by atoms with Crippen LogP contribution in [-0.2, 0) is 9.59 Å². The third-order valence-electron chi connectivity index (χ3n) is 3.35. The molecule has 0 saturated carbocycles. The number of fused-ring (bicyclic) bond motifs is 1. The average molecular weight is 307 g/mol. The Kier molecular flexibility index (Phi) is 5.60. The van der Waals surface area contributed by atoms with Crippen molar-refractivity contribution in [2.24, 2.45) is 5.73 Å². The molecule has 1 aliphatic heterocycles. The number of likely N-dealkylation sites (N-methyl/N-ethyl adjacent to an activating group) is 1. The highest BCUT2D eigenvalue weighted by molar-refractivity contribution is 5.85. The quantitative estimate of drug-likeness (QED) is 0.756. The van der Waals surface area contributed by atoms with Crippen LogP contribution in [0.3, 0.4) is 0 Å². The standard InChI is InChI=1S/C15H21N3O4/c1-2-18(15(20)8-17-14(19)7-16)9-11-10-21-12-5-3-4-6-13(12)22-11/h3-6,11H,2,7-10,16H2,1H3,(H,17,19). The van der Waals surface area contributed by atoms with Crippen LogP contribution in [-0.4, -0.2) is 55.6 Å². The van der Waals surface area contributed by atoms with Gasteiger partial charge in [0.15, 0.2) is 17.6 Å². The lowest BCUT2D eigenvalue weighted by Crippen LogP contribution is -2.47. The molecule has 1 unspecified atom stereocenters. The number of carbonyl (C=O) groups excluding carboxylic acids is 2. The Bertz CT molecular complexity index is 535. The SMILES string of the molecule is CCN(CC1COc2ccccc2O1)C(=O)CNC(=O)CN. The lowest BCUT2D eigenvalue weighted by atomic mass is 10.2. The van der Waals surface area contributed by atoms with Gasteiger partial charge in [-0.1, -0.05) is 12.1 Å². The van der Waals surface area contributed by atoms with Crippen molar-refractivity contribution in [2.45, 2.75) is 13.0 Å². The summed E-state index contributed by atoms with van der Waals surface area (Å²) in [6, 6.07) is 7.43. The largest absolute Gasteiger partial charge is 0.486 e. The summed E-state index contributed by atoms with van der Waals surface area (Å²) in [6.45, 7) is 3.00. The van der Waals surface area contributed by atoms with Crippen molar-refractivity contribution < 1.29 is 19.1 Å². The number of hydrogen-bond donors (Lipinski definition) is 2. The molecule has 1 atom stereocenters. The van der Waals surface area contributed by atoms with Crippen molar-refractivity contribution in [3.05, 3.63) is 24.3 Å². The molecule has 0 aromatic heterocycles. The Labute approximate surface area is 129 Å². The molecule has 1 aromatic rings. The maximum atomic E-state index is 12.1. The number of para-hydroxylation sites is 2. The van der Waals surface area contributed by atoms with Crippen LogP contribution in [0.25, 0.3) is 0 Å². The zero-order valence-electron chi connectivity index (χ0n) is 12.6. The van der Waals surface area contributed by atoms with E-state index in [1.165, 1.54) is 0 Å². The first-order chi connectivity index (χ1) is 10.6. The van der Waals surface area contributed by atoms with E-state index >= 15 is 0 Å². The molecular weight excluding hydrogens is 286 g/mol. The molecule has 0 aliphatic carbocycles. The minimum Gasteiger partial charge on any atom is -0.486 e. The van der Waals surface area contributed by atoms with Gasteiger partial charge in [-0.25, -0.2) is 0 Å². The number of nitrogens with two attached hydrogens (primary N) is 1. The Hall–Kier alpha value is -2.28. The summed E-state index contributed by atoms with van der Waals surface area (Å²) in [7, 11) is 0. The molecule has 2 amide bonds. The number of hydrogen-bond acceptors (Lipinski definition) is 5. The summed E-state index contributed by atoms with van der Waals surface area (Å²) in [4.78, 5) is 24.8. The van der Waals surface area contributed by atoms with Crippen LogP contribution in [0, 0.1) is 0 Å². The smallest absolute Gasteiger partial charge is 0.242 e. The van der Waals surface area contributed by atoms with Gasteiger partial charge in [-0.3, -0.25) is 9.59 Å². The van der Waals surface area contributed by atoms with E-state index < -0.39 is 0 Å². The van der Waals surface area contributed by atoms with Gasteiger partial charge in [-0.2, -0.15) is 0 Å². The van der Waals surface area contributed by atoms with Crippen LogP contribution in [0.5, 0.6) is 11.5 Å². The second kappa shape index (κ2) is 7.65. The van der Waals surface area contributed by atoms with Crippen LogP contribution >= 0.6 is 0 Å². The second-order valence-electron chi connectivity index (χ2n) is 4.91. The van der Waals surface area contributed by atoms with Crippen molar-refractivity contribution in [1.29, 1.82) is 0 Å². The fourth-order valence-corrected chi connectivity index (χ4v) is 2.16. The maximum Gasteiger partial charge on any atom is 0.242 e. The van der Waals surface area contributed by atoms with Crippen LogP contribution in [0.2, 0.25) is 0 Å². The molecule has 1 heterocycles. The summed E-state index contributed by atoms with van der Waals surface area (Å²) >= 11 is 0. The molecule has 0 spiro atoms. The van der Waals surface area contributed by atoms with Crippen LogP contribution in [0.4, 0.5) is 0 Å². The predicted molar refractivity (Wildman–Crippen MR) is 80.7 cm³/mol. The number of amides is 2. The Morgan fingerprint density at radius 1 is 1.36 bits per heavy atom. The summed E-state index contributed by atoms with van der Waals surface area (Å²) in [5, 5.41) is 2.47. The van der Waals surface area contributed by atoms with Gasteiger partial charge < -0.3 is 25.4 Å². The third-order valence-corrected chi connectivity index (χ3v) is 3.35. The first kappa shape index (κ1) is 16.1. The van der Waals surface area contributed by atoms with E-state index in [0.717, 1.165) is 0 Å². The van der Waals surface area contributed by atoms with Crippen molar-refractivity contribution in [1.82, 2.24) is 10.2 Å². The zero-order chi connectivity index (χ0) is 15.9. The molecule has 2 rings (SSSR count). The van der Waals surface area contributed by atoms with E-state index in [0.29, 0.717) is 31.2 Å². The Morgan fingerprint density at radius 2 is 2.09 bits per heavy atom. The highest BCUT2D eigenvalue weighted by Crippen LogP contribution is 2.30. The number of rotatable bonds is 6. The summed E-state index contributed by atoms with van der Waals surface area (Å²) in [5.41, 5.74) is 5.19. The van der Waals surface area contributed by atoms with Crippen molar-refractivity contribution in [3.8, 4) is 11.5 Å². The van der Waals surface area contributed by atoms with E-state index in [-0.39, 0.29) is 31.0 Å². The van der Waals surface area contributed by atoms with Crippen molar-refractivity contribution in [2.75, 3.05) is 32.8 Å². The molecule has 0 radical (unpaired) electrons. The molecule has 3 N–H and O–H groups in total. The molecular formula is C15H21N3O4. The average Bonchev–Trinajstić information content (AvgIpc) is 2.56. The third kappa shape index (κ3) is 4.11. The van der Waals surface area contributed by atoms with Gasteiger partial charge in [0.1, 0.15) is 6.61 Å². The van der Waals surface area contributed by atoms with Gasteiger partial charge in [-0.05, 0) is 19.1 Å². The minimum absolute atomic E-state index is 0.0615. The summed E-state index contributed by atoms with van der Waals surface area (Å²) in [5.74, 6) is 0.865. The van der Waals surface area contributed by atoms with Crippen LogP contribution < -0.4 is 20.5 Å². The molecule has 1 aromatic carbocycles. The number of ether oxygens (including phenoxy) is 2. The number of benzene rings is 1. The monoisotopic (exact) mass is 307 g/mol. The lowest BCUT2D eigenvalue weighted by Gasteiger charge is -2.31. The van der Waals surface area contributed by atoms with Crippen LogP contribution in [0.15, 0.2) is 24.3 Å². The minimum atomic E-state index is -0.351. The topological polar surface area (TPSA) is 93.9 Å². The molecule has 0 saturated heterocycles. The fourth-order valence-electron chi connectivity index (χ4n) is 2.16. The molecule has 7 heteroatoms. The van der Waals surface area contributed by atoms with E-state index in [9.17, 15) is 9.59 Å². The van der Waals surface area contributed by atoms with Gasteiger partial charge in [0.25, 0.3) is 0 Å². The van der Waals surface area contributed by atoms with Crippen molar-refractivity contribution >= 4 is 11.8 Å². The molecule has 22 heavy (non-hydrogen) atoms. The Balaban J connectivity index is 1.88. The van der Waals surface area contributed by atoms with Crippen molar-refractivity contribution in [3.63, 3.8) is 0 Å². The first-order valence-electron chi connectivity index (χ1n) is 7.27. The first-order valence-corrected chi connectivity index (χ1v) is 7.27. The van der Waals surface area contributed by atoms with Gasteiger partial charge in [0, 0.05) is 6.54 Å². The molecule has 0 bridgehead atoms. The fraction of sp³-hybridized carbons (Fsp3) is 0.467. The van der Waals surface area contributed by atoms with E-state index in [1.807, 2.05) is 31.2 Å². The number of nitrogens with zero attached hydrogens (tertiary/aromatic N) is 1. The lowest BCUT2D eigenvalue weighted by molar-refractivity contribution is -0.133. The number of carbonyl (C=O) groups is 2. The summed E-state index contributed by atoms with van der Waals surface area (Å²) in [6.07, 6.45) is -0.232. The number of nitrogens with one attached hydrogen (secondary N) is 1. The van der Waals surface area contributed by atoms with Crippen LogP contribution in [0.1, 0.15) is 6.92 Å². The van der Waals surface area contributed by atoms with Gasteiger partial charge in [0.05, 0.1) is 19.6 Å². The highest BCUT2D eigenvalue weighted by atomic mass is 16.6. The van der Waals surface area contributed by atoms with E-state index in [2.05, 4.69) is 5.32 Å². The Morgan fingerprint density at radius 3 is 2.77 bits per heavy atom. The predicted octanol–water partition coefficient (Wildman–Crippen LogP) is -0.250. The molecule has 120 valence electrons. The van der Waals surface area contributed by atoms with Gasteiger partial charge >= 0.3 is 0 Å². The maximum absolute atomic E-state index is 12.1. The highest BCUT2D eigenvalue weighted by Gasteiger charge is 2.24. The summed E-state index contributed by atoms with van der Waals surface area (Å²) < 4.78 is 11.5. The van der Waals surface area contributed by atoms with E-state index in [4.69, 9.17) is 15.2 Å². The zero-order valence-corrected chi connectivity index (χ0v) is 12.6. The molecule has 1 aliphatic rings. The second-order valence-corrected chi connectivity index (χ2v) is 4.91. The molecule has 0 fully saturated rings. The molecule has 7 nitrogen and oxygen atoms in total.